The number of hydrogen-bond acceptors (Lipinski definition) is 2. The molecule has 2 nitrogen and oxygen atoms in total. The van der Waals surface area contributed by atoms with Gasteiger partial charge in [0.25, 0.3) is 0 Å². The molecule has 0 heterocycles. The zero-order chi connectivity index (χ0) is 12.2. The summed E-state index contributed by atoms with van der Waals surface area (Å²) < 4.78 is 0. The Bertz CT molecular complexity index is 229. The number of nitrogens with one attached hydrogen (secondary N) is 1. The standard InChI is InChI=1S/C14H26N2/c1-5-7-8-9-14(3)10-11-15-12-13-16(4)6-2/h5,7-9,15H,3,6,10-13H2,1-2,4H3/b7-5-,9-8-. The quantitative estimate of drug-likeness (QED) is 0.476. The Kier molecular flexibility index (Phi) is 10.1. The largest absolute Gasteiger partial charge is 0.315 e. The lowest BCUT2D eigenvalue weighted by atomic mass is 10.2. The fourth-order valence-electron chi connectivity index (χ4n) is 1.19. The van der Waals surface area contributed by atoms with E-state index in [-0.39, 0.29) is 0 Å². The Hall–Kier alpha value is -0.860. The molecular weight excluding hydrogens is 196 g/mol. The van der Waals surface area contributed by atoms with E-state index in [2.05, 4.69) is 36.8 Å². The van der Waals surface area contributed by atoms with Crippen molar-refractivity contribution >= 4 is 0 Å². The maximum absolute atomic E-state index is 4.00. The van der Waals surface area contributed by atoms with Crippen LogP contribution in [0.2, 0.25) is 0 Å². The molecule has 0 aliphatic carbocycles. The number of likely N-dealkylation sites (N-methyl/N-ethyl adjacent to an activating group) is 1. The average molecular weight is 222 g/mol. The van der Waals surface area contributed by atoms with E-state index in [1.165, 1.54) is 5.57 Å². The van der Waals surface area contributed by atoms with Crippen LogP contribution in [0.1, 0.15) is 20.3 Å². The van der Waals surface area contributed by atoms with Crippen LogP contribution in [0.4, 0.5) is 0 Å². The first-order chi connectivity index (χ1) is 7.70. The molecule has 0 radical (unpaired) electrons. The van der Waals surface area contributed by atoms with Crippen LogP contribution in [0.25, 0.3) is 0 Å². The molecule has 0 aromatic rings. The molecule has 92 valence electrons. The predicted molar refractivity (Wildman–Crippen MR) is 73.8 cm³/mol. The Balaban J connectivity index is 3.41. The van der Waals surface area contributed by atoms with Gasteiger partial charge >= 0.3 is 0 Å². The van der Waals surface area contributed by atoms with Crippen molar-refractivity contribution in [3.8, 4) is 0 Å². The Morgan fingerprint density at radius 3 is 2.69 bits per heavy atom. The monoisotopic (exact) mass is 222 g/mol. The summed E-state index contributed by atoms with van der Waals surface area (Å²) in [7, 11) is 2.14. The number of nitrogens with zero attached hydrogens (tertiary/aromatic N) is 1. The summed E-state index contributed by atoms with van der Waals surface area (Å²) in [6.07, 6.45) is 9.16. The fourth-order valence-corrected chi connectivity index (χ4v) is 1.19. The maximum atomic E-state index is 4.00. The first kappa shape index (κ1) is 15.1. The normalized spacial score (nSPS) is 12.0. The van der Waals surface area contributed by atoms with Gasteiger partial charge in [0.2, 0.25) is 0 Å². The van der Waals surface area contributed by atoms with Crippen LogP contribution in [0, 0.1) is 0 Å². The molecule has 1 N–H and O–H groups in total. The highest BCUT2D eigenvalue weighted by Gasteiger charge is 1.93. The summed E-state index contributed by atoms with van der Waals surface area (Å²) in [5.74, 6) is 0. The van der Waals surface area contributed by atoms with E-state index in [4.69, 9.17) is 0 Å². The lowest BCUT2D eigenvalue weighted by Gasteiger charge is -2.13. The van der Waals surface area contributed by atoms with Crippen LogP contribution in [0.15, 0.2) is 36.5 Å². The molecule has 0 atom stereocenters. The van der Waals surface area contributed by atoms with E-state index in [9.17, 15) is 0 Å². The number of allylic oxidation sites excluding steroid dienone is 4. The van der Waals surface area contributed by atoms with E-state index in [1.807, 2.05) is 25.2 Å². The minimum absolute atomic E-state index is 1.01. The first-order valence-electron chi connectivity index (χ1n) is 6.07. The van der Waals surface area contributed by atoms with Gasteiger partial charge in [-0.15, -0.1) is 0 Å². The van der Waals surface area contributed by atoms with Crippen molar-refractivity contribution in [1.82, 2.24) is 10.2 Å². The second kappa shape index (κ2) is 10.7. The number of rotatable bonds is 9. The van der Waals surface area contributed by atoms with Crippen molar-refractivity contribution in [3.05, 3.63) is 36.5 Å². The second-order valence-corrected chi connectivity index (χ2v) is 3.94. The molecule has 0 aromatic carbocycles. The van der Waals surface area contributed by atoms with Gasteiger partial charge in [0.15, 0.2) is 0 Å². The molecule has 0 saturated heterocycles. The maximum Gasteiger partial charge on any atom is 0.0104 e. The SMILES string of the molecule is C=C(/C=C\C=C/C)CCNCCN(C)CC. The molecule has 16 heavy (non-hydrogen) atoms. The molecule has 0 amide bonds. The zero-order valence-electron chi connectivity index (χ0n) is 11.0. The molecule has 0 aromatic heterocycles. The topological polar surface area (TPSA) is 15.3 Å². The highest BCUT2D eigenvalue weighted by molar-refractivity contribution is 5.18. The smallest absolute Gasteiger partial charge is 0.0104 e. The van der Waals surface area contributed by atoms with Crippen molar-refractivity contribution in [2.45, 2.75) is 20.3 Å². The van der Waals surface area contributed by atoms with Crippen molar-refractivity contribution in [2.24, 2.45) is 0 Å². The van der Waals surface area contributed by atoms with Crippen LogP contribution >= 0.6 is 0 Å². The van der Waals surface area contributed by atoms with Crippen molar-refractivity contribution < 1.29 is 0 Å². The highest BCUT2D eigenvalue weighted by atomic mass is 15.1. The minimum Gasteiger partial charge on any atom is -0.315 e. The third kappa shape index (κ3) is 9.69. The summed E-state index contributed by atoms with van der Waals surface area (Å²) in [6.45, 7) is 12.5. The van der Waals surface area contributed by atoms with Gasteiger partial charge in [-0.3, -0.25) is 0 Å². The van der Waals surface area contributed by atoms with E-state index >= 15 is 0 Å². The molecule has 0 saturated carbocycles. The van der Waals surface area contributed by atoms with Gasteiger partial charge in [0.1, 0.15) is 0 Å². The summed E-state index contributed by atoms with van der Waals surface area (Å²) in [6, 6.07) is 0. The summed E-state index contributed by atoms with van der Waals surface area (Å²) in [5.41, 5.74) is 1.18. The Morgan fingerprint density at radius 2 is 2.06 bits per heavy atom. The average Bonchev–Trinajstić information content (AvgIpc) is 2.28. The van der Waals surface area contributed by atoms with Gasteiger partial charge < -0.3 is 10.2 Å². The van der Waals surface area contributed by atoms with E-state index in [0.717, 1.165) is 32.6 Å². The molecule has 0 aliphatic heterocycles. The summed E-state index contributed by atoms with van der Waals surface area (Å²) in [4.78, 5) is 2.30. The molecule has 0 unspecified atom stereocenters. The van der Waals surface area contributed by atoms with Crippen LogP contribution < -0.4 is 5.32 Å². The summed E-state index contributed by atoms with van der Waals surface area (Å²) in [5, 5.41) is 3.42. The zero-order valence-corrected chi connectivity index (χ0v) is 11.0. The fraction of sp³-hybridized carbons (Fsp3) is 0.571. The van der Waals surface area contributed by atoms with Crippen molar-refractivity contribution in [3.63, 3.8) is 0 Å². The van der Waals surface area contributed by atoms with Gasteiger partial charge in [-0.25, -0.2) is 0 Å². The molecular formula is C14H26N2. The van der Waals surface area contributed by atoms with Gasteiger partial charge in [0, 0.05) is 13.1 Å². The van der Waals surface area contributed by atoms with Crippen molar-refractivity contribution in [1.29, 1.82) is 0 Å². The van der Waals surface area contributed by atoms with E-state index in [0.29, 0.717) is 0 Å². The highest BCUT2D eigenvalue weighted by Crippen LogP contribution is 1.98. The third-order valence-electron chi connectivity index (χ3n) is 2.47. The second-order valence-electron chi connectivity index (χ2n) is 3.94. The van der Waals surface area contributed by atoms with Crippen LogP contribution in [-0.4, -0.2) is 38.1 Å². The Morgan fingerprint density at radius 1 is 1.31 bits per heavy atom. The van der Waals surface area contributed by atoms with Gasteiger partial charge in [-0.1, -0.05) is 43.4 Å². The molecule has 0 spiro atoms. The van der Waals surface area contributed by atoms with Crippen LogP contribution in [0.5, 0.6) is 0 Å². The molecule has 2 heteroatoms. The first-order valence-corrected chi connectivity index (χ1v) is 6.07. The van der Waals surface area contributed by atoms with E-state index < -0.39 is 0 Å². The molecule has 0 bridgehead atoms. The molecule has 0 fully saturated rings. The molecule has 0 aliphatic rings. The van der Waals surface area contributed by atoms with Gasteiger partial charge in [-0.2, -0.15) is 0 Å². The van der Waals surface area contributed by atoms with Gasteiger partial charge in [0.05, 0.1) is 0 Å². The van der Waals surface area contributed by atoms with E-state index in [1.54, 1.807) is 0 Å². The summed E-state index contributed by atoms with van der Waals surface area (Å²) >= 11 is 0. The van der Waals surface area contributed by atoms with Crippen molar-refractivity contribution in [2.75, 3.05) is 33.2 Å². The van der Waals surface area contributed by atoms with Crippen LogP contribution in [0.3, 0.4) is 0 Å². The minimum atomic E-state index is 1.01. The third-order valence-corrected chi connectivity index (χ3v) is 2.47. The Labute approximate surface area is 101 Å². The number of hydrogen-bond donors (Lipinski definition) is 1. The lowest BCUT2D eigenvalue weighted by molar-refractivity contribution is 0.350. The molecule has 0 rings (SSSR count). The van der Waals surface area contributed by atoms with Gasteiger partial charge in [-0.05, 0) is 33.5 Å². The van der Waals surface area contributed by atoms with Crippen LogP contribution in [-0.2, 0) is 0 Å². The predicted octanol–water partition coefficient (Wildman–Crippen LogP) is 2.61. The lowest BCUT2D eigenvalue weighted by Crippen LogP contribution is -2.29.